The van der Waals surface area contributed by atoms with E-state index in [1.54, 1.807) is 12.1 Å². The Bertz CT molecular complexity index is 698. The first-order chi connectivity index (χ1) is 10.6. The zero-order valence-electron chi connectivity index (χ0n) is 11.4. The van der Waals surface area contributed by atoms with Gasteiger partial charge in [0, 0.05) is 18.1 Å². The quantitative estimate of drug-likeness (QED) is 0.881. The van der Waals surface area contributed by atoms with Gasteiger partial charge >= 0.3 is 6.03 Å². The third-order valence-electron chi connectivity index (χ3n) is 3.30. The van der Waals surface area contributed by atoms with Crippen LogP contribution in [0.15, 0.2) is 24.3 Å². The molecular formula is C14H12Cl2N4O2. The summed E-state index contributed by atoms with van der Waals surface area (Å²) < 4.78 is 0. The molecule has 1 aromatic heterocycles. The molecule has 0 saturated carbocycles. The maximum Gasteiger partial charge on any atom is 0.323 e. The van der Waals surface area contributed by atoms with Gasteiger partial charge in [0.1, 0.15) is 5.75 Å². The third kappa shape index (κ3) is 2.80. The van der Waals surface area contributed by atoms with Gasteiger partial charge in [0.05, 0.1) is 16.3 Å². The highest BCUT2D eigenvalue weighted by Crippen LogP contribution is 2.37. The Balaban J connectivity index is 1.93. The van der Waals surface area contributed by atoms with Crippen LogP contribution >= 0.6 is 23.2 Å². The predicted molar refractivity (Wildman–Crippen MR) is 84.5 cm³/mol. The minimum absolute atomic E-state index is 0.0738. The number of anilines is 1. The second-order valence-corrected chi connectivity index (χ2v) is 5.64. The molecule has 2 heterocycles. The van der Waals surface area contributed by atoms with Gasteiger partial charge in [0.25, 0.3) is 0 Å². The van der Waals surface area contributed by atoms with Gasteiger partial charge in [-0.15, -0.1) is 10.2 Å². The lowest BCUT2D eigenvalue weighted by molar-refractivity contribution is 0.242. The predicted octanol–water partition coefficient (Wildman–Crippen LogP) is 3.08. The van der Waals surface area contributed by atoms with Crippen LogP contribution in [0.2, 0.25) is 10.0 Å². The normalized spacial score (nSPS) is 14.8. The number of amides is 2. The number of phenols is 1. The van der Waals surface area contributed by atoms with Crippen molar-refractivity contribution in [2.75, 3.05) is 18.0 Å². The fraction of sp³-hybridized carbons (Fsp3) is 0.214. The van der Waals surface area contributed by atoms with Crippen molar-refractivity contribution in [1.29, 1.82) is 0 Å². The van der Waals surface area contributed by atoms with Crippen LogP contribution in [0.5, 0.6) is 5.75 Å². The van der Waals surface area contributed by atoms with Crippen LogP contribution < -0.4 is 10.2 Å². The van der Waals surface area contributed by atoms with Gasteiger partial charge in [-0.05, 0) is 30.7 Å². The topological polar surface area (TPSA) is 78.4 Å². The highest BCUT2D eigenvalue weighted by molar-refractivity contribution is 6.36. The zero-order valence-corrected chi connectivity index (χ0v) is 12.9. The number of aromatic hydroxyl groups is 1. The number of hydrogen-bond acceptors (Lipinski definition) is 4. The van der Waals surface area contributed by atoms with Gasteiger partial charge in [0.2, 0.25) is 0 Å². The van der Waals surface area contributed by atoms with Crippen LogP contribution in [0, 0.1) is 0 Å². The van der Waals surface area contributed by atoms with E-state index in [9.17, 15) is 9.90 Å². The number of carbonyl (C=O) groups excluding carboxylic acids is 1. The lowest BCUT2D eigenvalue weighted by Crippen LogP contribution is -2.46. The third-order valence-corrected chi connectivity index (χ3v) is 3.81. The minimum Gasteiger partial charge on any atom is -0.507 e. The fourth-order valence-electron chi connectivity index (χ4n) is 2.26. The number of rotatable bonds is 2. The first kappa shape index (κ1) is 14.9. The van der Waals surface area contributed by atoms with Crippen LogP contribution in [0.3, 0.4) is 0 Å². The smallest absolute Gasteiger partial charge is 0.323 e. The van der Waals surface area contributed by atoms with Crippen LogP contribution in [-0.2, 0) is 0 Å². The van der Waals surface area contributed by atoms with Crippen molar-refractivity contribution >= 4 is 35.1 Å². The van der Waals surface area contributed by atoms with Crippen molar-refractivity contribution in [1.82, 2.24) is 15.5 Å². The second kappa shape index (κ2) is 5.98. The number of nitrogens with zero attached hydrogens (tertiary/aromatic N) is 3. The van der Waals surface area contributed by atoms with Crippen LogP contribution in [0.1, 0.15) is 6.42 Å². The molecule has 3 rings (SSSR count). The summed E-state index contributed by atoms with van der Waals surface area (Å²) in [5, 5.41) is 21.4. The molecule has 114 valence electrons. The minimum atomic E-state index is -0.194. The molecule has 0 radical (unpaired) electrons. The molecule has 0 spiro atoms. The van der Waals surface area contributed by atoms with Crippen molar-refractivity contribution in [3.63, 3.8) is 0 Å². The molecule has 0 bridgehead atoms. The van der Waals surface area contributed by atoms with E-state index in [1.807, 2.05) is 0 Å². The Labute approximate surface area is 136 Å². The largest absolute Gasteiger partial charge is 0.507 e. The monoisotopic (exact) mass is 338 g/mol. The lowest BCUT2D eigenvalue weighted by Gasteiger charge is -2.26. The number of phenolic OH excluding ortho intramolecular Hbond substituents is 1. The Morgan fingerprint density at radius 1 is 1.23 bits per heavy atom. The molecule has 6 nitrogen and oxygen atoms in total. The first-order valence-electron chi connectivity index (χ1n) is 6.64. The highest BCUT2D eigenvalue weighted by atomic mass is 35.5. The summed E-state index contributed by atoms with van der Waals surface area (Å²) in [7, 11) is 0. The van der Waals surface area contributed by atoms with Crippen molar-refractivity contribution in [2.24, 2.45) is 0 Å². The van der Waals surface area contributed by atoms with Gasteiger partial charge in [-0.25, -0.2) is 4.79 Å². The van der Waals surface area contributed by atoms with E-state index in [1.165, 1.54) is 17.0 Å². The molecule has 1 aliphatic heterocycles. The van der Waals surface area contributed by atoms with Gasteiger partial charge in [-0.2, -0.15) is 0 Å². The number of carbonyl (C=O) groups is 1. The molecule has 8 heteroatoms. The Hall–Kier alpha value is -2.05. The lowest BCUT2D eigenvalue weighted by atomic mass is 10.1. The average Bonchev–Trinajstić information content (AvgIpc) is 2.47. The summed E-state index contributed by atoms with van der Waals surface area (Å²) in [6, 6.07) is 6.03. The first-order valence-corrected chi connectivity index (χ1v) is 7.39. The number of aromatic nitrogens is 2. The number of hydrogen-bond donors (Lipinski definition) is 2. The van der Waals surface area contributed by atoms with Crippen molar-refractivity contribution < 1.29 is 9.90 Å². The van der Waals surface area contributed by atoms with Gasteiger partial charge < -0.3 is 10.4 Å². The molecule has 2 N–H and O–H groups in total. The van der Waals surface area contributed by atoms with E-state index in [4.69, 9.17) is 23.2 Å². The van der Waals surface area contributed by atoms with Crippen molar-refractivity contribution in [2.45, 2.75) is 6.42 Å². The summed E-state index contributed by atoms with van der Waals surface area (Å²) >= 11 is 11.9. The molecule has 2 amide bonds. The summed E-state index contributed by atoms with van der Waals surface area (Å²) in [6.45, 7) is 1.25. The Kier molecular flexibility index (Phi) is 4.04. The van der Waals surface area contributed by atoms with E-state index in [2.05, 4.69) is 15.5 Å². The van der Waals surface area contributed by atoms with E-state index in [0.717, 1.165) is 6.42 Å². The molecule has 2 aromatic rings. The Morgan fingerprint density at radius 3 is 2.68 bits per heavy atom. The fourth-order valence-corrected chi connectivity index (χ4v) is 2.84. The summed E-state index contributed by atoms with van der Waals surface area (Å²) in [6.07, 6.45) is 0.846. The number of nitrogens with one attached hydrogen (secondary N) is 1. The summed E-state index contributed by atoms with van der Waals surface area (Å²) in [4.78, 5) is 13.3. The maximum atomic E-state index is 11.8. The second-order valence-electron chi connectivity index (χ2n) is 4.80. The van der Waals surface area contributed by atoms with Crippen molar-refractivity contribution in [3.8, 4) is 17.0 Å². The number of urea groups is 1. The molecule has 0 unspecified atom stereocenters. The summed E-state index contributed by atoms with van der Waals surface area (Å²) in [5.74, 6) is 0.376. The Morgan fingerprint density at radius 2 is 2.05 bits per heavy atom. The SMILES string of the molecule is O=C1NCCCN1c1ccc(-c2c(O)cc(Cl)cc2Cl)nn1. The molecule has 1 aromatic carbocycles. The van der Waals surface area contributed by atoms with Crippen molar-refractivity contribution in [3.05, 3.63) is 34.3 Å². The molecule has 0 aliphatic carbocycles. The molecule has 22 heavy (non-hydrogen) atoms. The van der Waals surface area contributed by atoms with Gasteiger partial charge in [0.15, 0.2) is 5.82 Å². The molecule has 1 saturated heterocycles. The summed E-state index contributed by atoms with van der Waals surface area (Å²) in [5.41, 5.74) is 0.758. The van der Waals surface area contributed by atoms with E-state index in [-0.39, 0.29) is 16.8 Å². The molecular weight excluding hydrogens is 327 g/mol. The molecule has 1 fully saturated rings. The van der Waals surface area contributed by atoms with Gasteiger partial charge in [-0.3, -0.25) is 4.90 Å². The van der Waals surface area contributed by atoms with E-state index >= 15 is 0 Å². The average molecular weight is 339 g/mol. The van der Waals surface area contributed by atoms with Crippen LogP contribution in [0.4, 0.5) is 10.6 Å². The molecule has 0 atom stereocenters. The van der Waals surface area contributed by atoms with Crippen LogP contribution in [-0.4, -0.2) is 34.4 Å². The maximum absolute atomic E-state index is 11.8. The number of benzene rings is 1. The van der Waals surface area contributed by atoms with E-state index in [0.29, 0.717) is 35.2 Å². The van der Waals surface area contributed by atoms with Gasteiger partial charge in [-0.1, -0.05) is 23.2 Å². The zero-order chi connectivity index (χ0) is 15.7. The van der Waals surface area contributed by atoms with E-state index < -0.39 is 0 Å². The van der Waals surface area contributed by atoms with Crippen LogP contribution in [0.25, 0.3) is 11.3 Å². The standard InChI is InChI=1S/C14H12Cl2N4O2/c15-8-6-9(16)13(11(21)7-8)10-2-3-12(19-18-10)20-5-1-4-17-14(20)22/h2-3,6-7,21H,1,4-5H2,(H,17,22). The highest BCUT2D eigenvalue weighted by Gasteiger charge is 2.21. The molecule has 1 aliphatic rings. The number of halogens is 2.